The van der Waals surface area contributed by atoms with Gasteiger partial charge in [0.05, 0.1) is 27.3 Å². The van der Waals surface area contributed by atoms with Gasteiger partial charge in [0, 0.05) is 7.11 Å². The van der Waals surface area contributed by atoms with Gasteiger partial charge in [-0.25, -0.2) is 22.8 Å². The zero-order chi connectivity index (χ0) is 39.7. The van der Waals surface area contributed by atoms with Gasteiger partial charge in [0.25, 0.3) is 23.0 Å². The van der Waals surface area contributed by atoms with Crippen molar-refractivity contribution in [1.82, 2.24) is 29.1 Å². The summed E-state index contributed by atoms with van der Waals surface area (Å²) in [6, 6.07) is 0. The second-order valence-corrected chi connectivity index (χ2v) is 16.6. The third-order valence-corrected chi connectivity index (χ3v) is 12.5. The molecule has 0 spiro atoms. The Balaban J connectivity index is 1.07. The summed E-state index contributed by atoms with van der Waals surface area (Å²) in [6.45, 7) is -2.01. The number of H-pyrrole nitrogens is 2. The number of nitrogen functional groups attached to an aromatic ring is 2. The molecule has 0 saturated carbocycles. The topological polar surface area (TPSA) is 398 Å². The van der Waals surface area contributed by atoms with E-state index in [1.807, 2.05) is 0 Å². The van der Waals surface area contributed by atoms with Crippen LogP contribution >= 0.6 is 23.5 Å². The van der Waals surface area contributed by atoms with Crippen molar-refractivity contribution in [1.29, 1.82) is 0 Å². The zero-order valence-corrected chi connectivity index (χ0v) is 30.6. The maximum absolute atomic E-state index is 12.6. The second kappa shape index (κ2) is 14.5. The van der Waals surface area contributed by atoms with Crippen LogP contribution in [0.5, 0.6) is 0 Å². The van der Waals surface area contributed by atoms with Crippen LogP contribution in [0.2, 0.25) is 0 Å². The number of ether oxygens (including phenoxy) is 3. The standard InChI is InChI=1S/C23H33N10O18P3/c1-30-6-32(16-10(30)18(37)28-22(24)26-16)20-13(35)12(34)8(48-20)4-46-52(39,40)50-54(43,44)51-53(41,42)47-5-9-15(45-3)14(36)21(49-9)33-7-31(2)11-17(33)27-23(25)29-19(11)38/h6-9,12-15,20-21,34-36H,4-5H2,1-3H3,(H7-2,24,25,26,27,28,29,37,38,39,40,41,42,43,44)/p+2/t8-,9+,12-,13-,14+,15+,20-,21+/m1/s1. The van der Waals surface area contributed by atoms with Crippen LogP contribution in [0, 0.1) is 0 Å². The van der Waals surface area contributed by atoms with Gasteiger partial charge in [-0.1, -0.05) is 9.97 Å². The number of anilines is 2. The summed E-state index contributed by atoms with van der Waals surface area (Å²) in [6.07, 6.45) is -9.39. The molecule has 4 aromatic heterocycles. The highest BCUT2D eigenvalue weighted by Gasteiger charge is 2.51. The number of aromatic nitrogens is 8. The molecule has 298 valence electrons. The van der Waals surface area contributed by atoms with Gasteiger partial charge in [0.1, 0.15) is 36.6 Å². The quantitative estimate of drug-likeness (QED) is 0.0448. The SMILES string of the molecule is CO[C@@H]1[C@H](O)[C@@H]([n+]2cn(C)c3c(=O)[nH]c(N)nc32)O[C@H]1COP(=O)(O)OP(=O)(O)OP(=O)(O)OC[C@H]1O[C@@H]([n+]2cn(C)c3c(=O)[nH]c(N)nc32)[C@H](O)[C@@H]1O. The molecule has 12 N–H and O–H groups in total. The number of hydrogen-bond donors (Lipinski definition) is 10. The Labute approximate surface area is 299 Å². The summed E-state index contributed by atoms with van der Waals surface area (Å²) in [4.78, 5) is 67.8. The Bertz CT molecular complexity index is 2350. The molecule has 3 unspecified atom stereocenters. The van der Waals surface area contributed by atoms with Gasteiger partial charge in [-0.2, -0.15) is 8.62 Å². The number of phosphoric ester groups is 2. The van der Waals surface area contributed by atoms with E-state index in [2.05, 4.69) is 33.1 Å². The fraction of sp³-hybridized carbons (Fsp3) is 0.565. The smallest absolute Gasteiger partial charge is 0.387 e. The van der Waals surface area contributed by atoms with Gasteiger partial charge in [-0.3, -0.25) is 37.7 Å². The molecule has 54 heavy (non-hydrogen) atoms. The summed E-state index contributed by atoms with van der Waals surface area (Å²) in [5, 5.41) is 32.1. The highest BCUT2D eigenvalue weighted by Crippen LogP contribution is 2.67. The molecule has 0 amide bonds. The van der Waals surface area contributed by atoms with Gasteiger partial charge in [-0.05, 0) is 0 Å². The van der Waals surface area contributed by atoms with Crippen molar-refractivity contribution in [2.24, 2.45) is 14.1 Å². The largest absolute Gasteiger partial charge is 0.490 e. The van der Waals surface area contributed by atoms with Gasteiger partial charge >= 0.3 is 34.8 Å². The van der Waals surface area contributed by atoms with E-state index in [1.54, 1.807) is 0 Å². The molecule has 4 aromatic rings. The van der Waals surface area contributed by atoms with Crippen LogP contribution in [0.15, 0.2) is 22.2 Å². The molecule has 6 heterocycles. The van der Waals surface area contributed by atoms with Crippen molar-refractivity contribution >= 4 is 57.7 Å². The molecule has 11 atom stereocenters. The summed E-state index contributed by atoms with van der Waals surface area (Å²) in [5.41, 5.74) is 10.1. The minimum Gasteiger partial charge on any atom is -0.387 e. The van der Waals surface area contributed by atoms with Gasteiger partial charge in [0.15, 0.2) is 12.7 Å². The number of rotatable bonds is 13. The molecular formula is C23H35N10O18P3+2. The van der Waals surface area contributed by atoms with Gasteiger partial charge in [0.2, 0.25) is 23.5 Å². The number of nitrogens with two attached hydrogens (primary N) is 2. The minimum absolute atomic E-state index is 0.00110. The molecule has 2 aliphatic rings. The number of methoxy groups -OCH3 is 1. The van der Waals surface area contributed by atoms with Crippen molar-refractivity contribution in [2.75, 3.05) is 31.8 Å². The number of aliphatic hydroxyl groups is 3. The molecular weight excluding hydrogens is 797 g/mol. The van der Waals surface area contributed by atoms with Crippen LogP contribution in [0.4, 0.5) is 11.9 Å². The van der Waals surface area contributed by atoms with Crippen LogP contribution in [0.3, 0.4) is 0 Å². The third-order valence-electron chi connectivity index (χ3n) is 8.26. The molecule has 2 aliphatic heterocycles. The highest BCUT2D eigenvalue weighted by atomic mass is 31.3. The molecule has 0 radical (unpaired) electrons. The Morgan fingerprint density at radius 2 is 1.19 bits per heavy atom. The maximum Gasteiger partial charge on any atom is 0.490 e. The zero-order valence-electron chi connectivity index (χ0n) is 27.9. The third kappa shape index (κ3) is 7.78. The molecule has 6 rings (SSSR count). The number of nitrogens with one attached hydrogen (secondary N) is 2. The lowest BCUT2D eigenvalue weighted by Crippen LogP contribution is -2.46. The highest BCUT2D eigenvalue weighted by molar-refractivity contribution is 7.66. The summed E-state index contributed by atoms with van der Waals surface area (Å²) in [5.74, 6) is -0.517. The molecule has 2 fully saturated rings. The molecule has 0 aromatic carbocycles. The molecule has 0 aliphatic carbocycles. The van der Waals surface area contributed by atoms with Crippen molar-refractivity contribution in [3.8, 4) is 0 Å². The van der Waals surface area contributed by atoms with Crippen LogP contribution in [0.1, 0.15) is 12.5 Å². The van der Waals surface area contributed by atoms with Crippen LogP contribution in [-0.4, -0.2) is 116 Å². The monoisotopic (exact) mass is 832 g/mol. The summed E-state index contributed by atoms with van der Waals surface area (Å²) >= 11 is 0. The van der Waals surface area contributed by atoms with E-state index >= 15 is 0 Å². The predicted molar refractivity (Wildman–Crippen MR) is 172 cm³/mol. The first-order valence-electron chi connectivity index (χ1n) is 15.2. The Morgan fingerprint density at radius 1 is 0.759 bits per heavy atom. The van der Waals surface area contributed by atoms with E-state index in [4.69, 9.17) is 30.2 Å². The lowest BCUT2D eigenvalue weighted by molar-refractivity contribution is -0.746. The number of aliphatic hydroxyl groups excluding tert-OH is 3. The Hall–Kier alpha value is -3.53. The minimum atomic E-state index is -5.98. The van der Waals surface area contributed by atoms with Crippen LogP contribution in [-0.2, 0) is 59.7 Å². The molecule has 28 nitrogen and oxygen atoms in total. The number of fused-ring (bicyclic) bond motifs is 2. The number of aromatic amines is 2. The van der Waals surface area contributed by atoms with E-state index < -0.39 is 96.9 Å². The summed E-state index contributed by atoms with van der Waals surface area (Å²) < 4.78 is 77.0. The fourth-order valence-corrected chi connectivity index (χ4v) is 9.56. The lowest BCUT2D eigenvalue weighted by atomic mass is 10.1. The first-order chi connectivity index (χ1) is 25.1. The van der Waals surface area contributed by atoms with Gasteiger partial charge < -0.3 is 55.7 Å². The summed E-state index contributed by atoms with van der Waals surface area (Å²) in [7, 11) is -13.2. The molecule has 0 bridgehead atoms. The van der Waals surface area contributed by atoms with Crippen molar-refractivity contribution < 1.29 is 84.7 Å². The van der Waals surface area contributed by atoms with Crippen LogP contribution in [0.25, 0.3) is 22.3 Å². The maximum atomic E-state index is 12.6. The number of imidazole rings is 2. The lowest BCUT2D eigenvalue weighted by Gasteiger charge is -2.21. The Kier molecular flexibility index (Phi) is 10.8. The fourth-order valence-electron chi connectivity index (χ4n) is 6.04. The first-order valence-corrected chi connectivity index (χ1v) is 19.7. The van der Waals surface area contributed by atoms with Crippen molar-refractivity contribution in [2.45, 2.75) is 49.1 Å². The van der Waals surface area contributed by atoms with E-state index in [-0.39, 0.29) is 34.2 Å². The van der Waals surface area contributed by atoms with E-state index in [0.717, 1.165) is 4.57 Å². The number of nitrogens with zero attached hydrogens (tertiary/aromatic N) is 6. The normalized spacial score (nSPS) is 29.4. The van der Waals surface area contributed by atoms with E-state index in [0.29, 0.717) is 0 Å². The van der Waals surface area contributed by atoms with Crippen molar-refractivity contribution in [3.63, 3.8) is 0 Å². The number of phosphoric acid groups is 3. The van der Waals surface area contributed by atoms with E-state index in [1.165, 1.54) is 47.6 Å². The Morgan fingerprint density at radius 3 is 1.65 bits per heavy atom. The van der Waals surface area contributed by atoms with Gasteiger partial charge in [-0.15, -0.1) is 0 Å². The molecule has 31 heteroatoms. The average molecular weight is 833 g/mol. The number of aryl methyl sites for hydroxylation is 2. The predicted octanol–water partition coefficient (Wildman–Crippen LogP) is -4.46. The number of hydrogen-bond acceptors (Lipinski definition) is 19. The van der Waals surface area contributed by atoms with Crippen LogP contribution < -0.4 is 31.7 Å². The van der Waals surface area contributed by atoms with Crippen molar-refractivity contribution in [3.05, 3.63) is 33.4 Å². The average Bonchev–Trinajstić information content (AvgIpc) is 3.74. The second-order valence-electron chi connectivity index (χ2n) is 12.0. The van der Waals surface area contributed by atoms with E-state index in [9.17, 15) is 53.3 Å². The first kappa shape index (κ1) is 40.1. The molecule has 2 saturated heterocycles.